The molecule has 1 aliphatic carbocycles. The van der Waals surface area contributed by atoms with Crippen LogP contribution in [0.1, 0.15) is 49.2 Å². The molecular formula is C18H23N3. The molecule has 1 heterocycles. The van der Waals surface area contributed by atoms with Crippen molar-refractivity contribution in [3.05, 3.63) is 59.2 Å². The van der Waals surface area contributed by atoms with Gasteiger partial charge in [0.15, 0.2) is 0 Å². The van der Waals surface area contributed by atoms with Crippen molar-refractivity contribution < 1.29 is 0 Å². The molecule has 1 aromatic carbocycles. The molecule has 2 aromatic rings. The summed E-state index contributed by atoms with van der Waals surface area (Å²) in [6.07, 6.45) is 6.06. The third-order valence-corrected chi connectivity index (χ3v) is 3.96. The van der Waals surface area contributed by atoms with E-state index in [1.54, 1.807) is 0 Å². The van der Waals surface area contributed by atoms with Crippen LogP contribution in [0.15, 0.2) is 36.7 Å². The van der Waals surface area contributed by atoms with Crippen LogP contribution in [0.2, 0.25) is 0 Å². The van der Waals surface area contributed by atoms with Gasteiger partial charge in [0.05, 0.1) is 0 Å². The predicted octanol–water partition coefficient (Wildman–Crippen LogP) is 3.25. The lowest BCUT2D eigenvalue weighted by atomic mass is 10.1. The Labute approximate surface area is 126 Å². The highest BCUT2D eigenvalue weighted by atomic mass is 15.0. The van der Waals surface area contributed by atoms with Crippen LogP contribution >= 0.6 is 0 Å². The second kappa shape index (κ2) is 5.57. The van der Waals surface area contributed by atoms with E-state index < -0.39 is 0 Å². The summed E-state index contributed by atoms with van der Waals surface area (Å²) in [5.41, 5.74) is 4.16. The summed E-state index contributed by atoms with van der Waals surface area (Å²) in [6, 6.07) is 8.67. The molecule has 1 aliphatic rings. The maximum absolute atomic E-state index is 4.59. The lowest BCUT2D eigenvalue weighted by Crippen LogP contribution is -2.35. The molecule has 3 nitrogen and oxygen atoms in total. The van der Waals surface area contributed by atoms with Crippen LogP contribution in [0.3, 0.4) is 0 Å². The third kappa shape index (κ3) is 3.48. The van der Waals surface area contributed by atoms with Crippen LogP contribution in [0.5, 0.6) is 0 Å². The van der Waals surface area contributed by atoms with E-state index >= 15 is 0 Å². The summed E-state index contributed by atoms with van der Waals surface area (Å²) in [5.74, 6) is 1.41. The largest absolute Gasteiger partial charge is 0.308 e. The Morgan fingerprint density at radius 1 is 1.05 bits per heavy atom. The number of rotatable bonds is 3. The van der Waals surface area contributed by atoms with Crippen LogP contribution in [-0.4, -0.2) is 15.5 Å². The molecule has 0 radical (unpaired) electrons. The van der Waals surface area contributed by atoms with Crippen molar-refractivity contribution in [2.24, 2.45) is 0 Å². The molecule has 1 N–H and O–H groups in total. The van der Waals surface area contributed by atoms with Crippen molar-refractivity contribution in [3.63, 3.8) is 0 Å². The fourth-order valence-corrected chi connectivity index (χ4v) is 2.78. The molecule has 3 rings (SSSR count). The fourth-order valence-electron chi connectivity index (χ4n) is 2.78. The molecule has 0 bridgehead atoms. The Bertz CT molecular complexity index is 586. The highest BCUT2D eigenvalue weighted by Gasteiger charge is 2.24. The Kier molecular flexibility index (Phi) is 3.77. The maximum Gasteiger partial charge on any atom is 0.131 e. The van der Waals surface area contributed by atoms with Gasteiger partial charge in [-0.2, -0.15) is 0 Å². The van der Waals surface area contributed by atoms with E-state index in [1.165, 1.54) is 11.1 Å². The Morgan fingerprint density at radius 2 is 1.62 bits per heavy atom. The standard InChI is InChI=1S/C18H23N3/c1-18(2,3)21-12-13-10-19-17(20-11-13)16-8-14-6-4-5-7-15(14)9-16/h4-7,10-11,16,21H,8-9,12H2,1-3H3. The smallest absolute Gasteiger partial charge is 0.131 e. The van der Waals surface area contributed by atoms with Crippen LogP contribution < -0.4 is 5.32 Å². The molecule has 110 valence electrons. The van der Waals surface area contributed by atoms with E-state index in [9.17, 15) is 0 Å². The van der Waals surface area contributed by atoms with Gasteiger partial charge in [0.25, 0.3) is 0 Å². The van der Waals surface area contributed by atoms with E-state index in [0.29, 0.717) is 5.92 Å². The normalized spacial score (nSPS) is 15.2. The maximum atomic E-state index is 4.59. The van der Waals surface area contributed by atoms with Gasteiger partial charge in [-0.1, -0.05) is 24.3 Å². The van der Waals surface area contributed by atoms with Gasteiger partial charge in [-0.15, -0.1) is 0 Å². The van der Waals surface area contributed by atoms with E-state index in [-0.39, 0.29) is 5.54 Å². The summed E-state index contributed by atoms with van der Waals surface area (Å²) < 4.78 is 0. The number of fused-ring (bicyclic) bond motifs is 1. The zero-order valence-electron chi connectivity index (χ0n) is 13.1. The molecule has 0 unspecified atom stereocenters. The molecule has 0 aliphatic heterocycles. The van der Waals surface area contributed by atoms with Gasteiger partial charge in [0.1, 0.15) is 5.82 Å². The van der Waals surface area contributed by atoms with Crippen molar-refractivity contribution in [2.75, 3.05) is 0 Å². The van der Waals surface area contributed by atoms with Crippen LogP contribution in [0.25, 0.3) is 0 Å². The molecule has 0 saturated heterocycles. The summed E-state index contributed by atoms with van der Waals surface area (Å²) in [6.45, 7) is 7.31. The van der Waals surface area contributed by atoms with Gasteiger partial charge in [-0.3, -0.25) is 0 Å². The number of hydrogen-bond acceptors (Lipinski definition) is 3. The molecule has 0 amide bonds. The Balaban J connectivity index is 1.66. The first-order valence-corrected chi connectivity index (χ1v) is 7.64. The topological polar surface area (TPSA) is 37.8 Å². The SMILES string of the molecule is CC(C)(C)NCc1cnc(C2Cc3ccccc3C2)nc1. The van der Waals surface area contributed by atoms with Gasteiger partial charge in [0, 0.05) is 36.0 Å². The molecule has 21 heavy (non-hydrogen) atoms. The molecule has 0 saturated carbocycles. The molecule has 1 aromatic heterocycles. The van der Waals surface area contributed by atoms with Gasteiger partial charge >= 0.3 is 0 Å². The summed E-state index contributed by atoms with van der Waals surface area (Å²) in [7, 11) is 0. The summed E-state index contributed by atoms with van der Waals surface area (Å²) >= 11 is 0. The van der Waals surface area contributed by atoms with Crippen LogP contribution in [0, 0.1) is 0 Å². The Morgan fingerprint density at radius 3 is 2.14 bits per heavy atom. The van der Waals surface area contributed by atoms with Crippen molar-refractivity contribution in [3.8, 4) is 0 Å². The number of benzene rings is 1. The summed E-state index contributed by atoms with van der Waals surface area (Å²) in [4.78, 5) is 9.19. The molecular weight excluding hydrogens is 258 g/mol. The molecule has 0 atom stereocenters. The lowest BCUT2D eigenvalue weighted by molar-refractivity contribution is 0.423. The highest BCUT2D eigenvalue weighted by molar-refractivity contribution is 5.35. The minimum atomic E-state index is 0.117. The Hall–Kier alpha value is -1.74. The van der Waals surface area contributed by atoms with E-state index in [0.717, 1.165) is 30.8 Å². The van der Waals surface area contributed by atoms with Crippen LogP contribution in [-0.2, 0) is 19.4 Å². The first-order valence-electron chi connectivity index (χ1n) is 7.64. The zero-order valence-corrected chi connectivity index (χ0v) is 13.1. The predicted molar refractivity (Wildman–Crippen MR) is 85.2 cm³/mol. The van der Waals surface area contributed by atoms with Gasteiger partial charge in [-0.25, -0.2) is 9.97 Å². The van der Waals surface area contributed by atoms with Gasteiger partial charge in [0.2, 0.25) is 0 Å². The minimum absolute atomic E-state index is 0.117. The number of hydrogen-bond donors (Lipinski definition) is 1. The van der Waals surface area contributed by atoms with E-state index in [2.05, 4.69) is 60.3 Å². The highest BCUT2D eigenvalue weighted by Crippen LogP contribution is 2.31. The van der Waals surface area contributed by atoms with Crippen molar-refractivity contribution in [1.82, 2.24) is 15.3 Å². The third-order valence-electron chi connectivity index (χ3n) is 3.96. The number of nitrogens with one attached hydrogen (secondary N) is 1. The first-order chi connectivity index (χ1) is 10.0. The number of aromatic nitrogens is 2. The first kappa shape index (κ1) is 14.2. The number of nitrogens with zero attached hydrogens (tertiary/aromatic N) is 2. The zero-order chi connectivity index (χ0) is 14.9. The molecule has 0 fully saturated rings. The average molecular weight is 281 g/mol. The fraction of sp³-hybridized carbons (Fsp3) is 0.444. The molecule has 3 heteroatoms. The van der Waals surface area contributed by atoms with Crippen molar-refractivity contribution in [1.29, 1.82) is 0 Å². The molecule has 0 spiro atoms. The van der Waals surface area contributed by atoms with E-state index in [4.69, 9.17) is 0 Å². The quantitative estimate of drug-likeness (QED) is 0.938. The van der Waals surface area contributed by atoms with Crippen molar-refractivity contribution >= 4 is 0 Å². The monoisotopic (exact) mass is 281 g/mol. The van der Waals surface area contributed by atoms with E-state index in [1.807, 2.05) is 12.4 Å². The van der Waals surface area contributed by atoms with Gasteiger partial charge < -0.3 is 5.32 Å². The van der Waals surface area contributed by atoms with Gasteiger partial charge in [-0.05, 0) is 44.7 Å². The minimum Gasteiger partial charge on any atom is -0.308 e. The van der Waals surface area contributed by atoms with Crippen LogP contribution in [0.4, 0.5) is 0 Å². The lowest BCUT2D eigenvalue weighted by Gasteiger charge is -2.20. The second-order valence-corrected chi connectivity index (χ2v) is 6.93. The van der Waals surface area contributed by atoms with Crippen molar-refractivity contribution in [2.45, 2.75) is 51.6 Å². The second-order valence-electron chi connectivity index (χ2n) is 6.93. The summed E-state index contributed by atoms with van der Waals surface area (Å²) in [5, 5.41) is 3.46. The average Bonchev–Trinajstić information content (AvgIpc) is 2.89.